The number of hydrogen-bond donors (Lipinski definition) is 0. The van der Waals surface area contributed by atoms with E-state index in [1.54, 1.807) is 0 Å². The Labute approximate surface area is 514 Å². The van der Waals surface area contributed by atoms with Crippen molar-refractivity contribution in [2.75, 3.05) is 19.6 Å². The molecule has 0 spiro atoms. The molecule has 0 unspecified atom stereocenters. The topological polar surface area (TPSA) is 13.0 Å². The van der Waals surface area contributed by atoms with Crippen LogP contribution in [0.3, 0.4) is 0 Å². The van der Waals surface area contributed by atoms with Crippen LogP contribution in [-0.2, 0) is 11.8 Å². The van der Waals surface area contributed by atoms with E-state index in [0.717, 1.165) is 100 Å². The van der Waals surface area contributed by atoms with Crippen LogP contribution in [0.5, 0.6) is 0 Å². The fourth-order valence-electron chi connectivity index (χ4n) is 12.9. The molecule has 0 bridgehead atoms. The molecule has 1 aliphatic carbocycles. The molecule has 0 heterocycles. The number of allylic oxidation sites excluding steroid dienone is 1. The van der Waals surface area contributed by atoms with Gasteiger partial charge in [0.25, 0.3) is 0 Å². The maximum Gasteiger partial charge on any atom is 0.0462 e. The highest BCUT2D eigenvalue weighted by Gasteiger charge is 2.36. The summed E-state index contributed by atoms with van der Waals surface area (Å²) in [5.74, 6) is 0. The van der Waals surface area contributed by atoms with E-state index in [1.807, 2.05) is 6.08 Å². The Balaban J connectivity index is 0.747. The van der Waals surface area contributed by atoms with E-state index in [-0.39, 0.29) is 5.41 Å². The number of para-hydroxylation sites is 5. The highest BCUT2D eigenvalue weighted by atomic mass is 15.2. The Hall–Kier alpha value is -10.4. The number of unbranched alkanes of at least 4 members (excludes halogenated alkanes) is 1. The van der Waals surface area contributed by atoms with Crippen molar-refractivity contribution >= 4 is 68.2 Å². The highest BCUT2D eigenvalue weighted by molar-refractivity contribution is 5.83. The minimum Gasteiger partial charge on any atom is -0.311 e. The Morgan fingerprint density at radius 2 is 0.494 bits per heavy atom. The molecule has 1 saturated carbocycles. The van der Waals surface area contributed by atoms with Gasteiger partial charge >= 0.3 is 0 Å². The van der Waals surface area contributed by atoms with E-state index < -0.39 is 0 Å². The second-order valence-electron chi connectivity index (χ2n) is 22.8. The standard InChI is InChI=1S/C83H72N4/c1-2-3-10-23-64-34-48-76(49-35-64)85(73-28-15-6-16-29-73)78-52-38-66(39-53-78)68-42-56-80(57-43-68)87(75-32-19-8-20-33-75)82-60-46-70(47-61-82)83(62-21-9-22-63-83)69-44-58-81(59-45-69)86(74-30-17-7-18-31-74)79-54-40-67(41-55-79)65-36-50-77(51-37-65)84(71-24-11-4-12-25-71)72-26-13-5-14-27-72/h2,4-8,11-20,24-61H,1,3,9-10,21-23,62-63H2. The summed E-state index contributed by atoms with van der Waals surface area (Å²) in [5, 5.41) is 0. The average Bonchev–Trinajstić information content (AvgIpc) is 1.51. The molecule has 424 valence electrons. The molecule has 1 aliphatic rings. The summed E-state index contributed by atoms with van der Waals surface area (Å²) in [7, 11) is 0. The molecule has 4 nitrogen and oxygen atoms in total. The molecule has 0 amide bonds. The summed E-state index contributed by atoms with van der Waals surface area (Å²) in [6.45, 7) is 3.90. The van der Waals surface area contributed by atoms with Crippen molar-refractivity contribution in [3.63, 3.8) is 0 Å². The molecule has 0 aromatic heterocycles. The molecule has 12 aromatic carbocycles. The van der Waals surface area contributed by atoms with E-state index in [2.05, 4.69) is 348 Å². The van der Waals surface area contributed by atoms with E-state index in [4.69, 9.17) is 0 Å². The normalized spacial score (nSPS) is 12.6. The first-order chi connectivity index (χ1) is 43.1. The predicted octanol–water partition coefficient (Wildman–Crippen LogP) is 23.7. The average molecular weight is 1130 g/mol. The van der Waals surface area contributed by atoms with Gasteiger partial charge in [0, 0.05) is 73.7 Å². The Morgan fingerprint density at radius 1 is 0.264 bits per heavy atom. The lowest BCUT2D eigenvalue weighted by Gasteiger charge is -2.39. The Bertz CT molecular complexity index is 4050. The maximum absolute atomic E-state index is 3.90. The largest absolute Gasteiger partial charge is 0.311 e. The second kappa shape index (κ2) is 26.2. The minimum absolute atomic E-state index is 0.0912. The van der Waals surface area contributed by atoms with Gasteiger partial charge in [-0.2, -0.15) is 0 Å². The summed E-state index contributed by atoms with van der Waals surface area (Å²) in [6, 6.07) is 117. The van der Waals surface area contributed by atoms with Crippen molar-refractivity contribution in [1.29, 1.82) is 0 Å². The molecule has 0 radical (unpaired) electrons. The van der Waals surface area contributed by atoms with Crippen LogP contribution < -0.4 is 19.6 Å². The van der Waals surface area contributed by atoms with Gasteiger partial charge in [-0.15, -0.1) is 6.58 Å². The third-order valence-corrected chi connectivity index (χ3v) is 17.4. The molecule has 4 heteroatoms. The summed E-state index contributed by atoms with van der Waals surface area (Å²) < 4.78 is 0. The lowest BCUT2D eigenvalue weighted by Crippen LogP contribution is -2.30. The van der Waals surface area contributed by atoms with Crippen LogP contribution >= 0.6 is 0 Å². The number of hydrogen-bond acceptors (Lipinski definition) is 4. The third-order valence-electron chi connectivity index (χ3n) is 17.4. The van der Waals surface area contributed by atoms with Gasteiger partial charge in [-0.05, 0) is 217 Å². The Morgan fingerprint density at radius 3 is 0.747 bits per heavy atom. The van der Waals surface area contributed by atoms with Gasteiger partial charge in [-0.3, -0.25) is 0 Å². The third kappa shape index (κ3) is 12.3. The summed E-state index contributed by atoms with van der Waals surface area (Å²) in [6.07, 6.45) is 11.1. The molecule has 0 saturated heterocycles. The predicted molar refractivity (Wildman–Crippen MR) is 369 cm³/mol. The molecule has 0 atom stereocenters. The van der Waals surface area contributed by atoms with Crippen LogP contribution in [-0.4, -0.2) is 0 Å². The lowest BCUT2D eigenvalue weighted by atomic mass is 9.65. The van der Waals surface area contributed by atoms with E-state index in [9.17, 15) is 0 Å². The number of nitrogens with zero attached hydrogens (tertiary/aromatic N) is 4. The molecule has 0 aliphatic heterocycles. The van der Waals surface area contributed by atoms with Crippen LogP contribution in [0.1, 0.15) is 61.6 Å². The SMILES string of the molecule is C=CCCCc1ccc(N(c2ccccc2)c2ccc(-c3ccc(N(c4ccccc4)c4ccc(C5(c6ccc(N(c7ccccc7)c7ccc(-c8ccc(N(c9ccccc9)c9ccccc9)cc8)cc7)cc6)CCCCC5)cc4)cc3)cc2)cc1. The van der Waals surface area contributed by atoms with Crippen LogP contribution in [0.2, 0.25) is 0 Å². The van der Waals surface area contributed by atoms with Crippen molar-refractivity contribution < 1.29 is 0 Å². The molecule has 12 aromatic rings. The molecular formula is C83H72N4. The van der Waals surface area contributed by atoms with Crippen molar-refractivity contribution in [2.45, 2.75) is 56.8 Å². The van der Waals surface area contributed by atoms with Gasteiger partial charge in [0.15, 0.2) is 0 Å². The molecule has 87 heavy (non-hydrogen) atoms. The zero-order valence-corrected chi connectivity index (χ0v) is 49.3. The maximum atomic E-state index is 3.90. The van der Waals surface area contributed by atoms with Gasteiger partial charge in [0.1, 0.15) is 0 Å². The zero-order valence-electron chi connectivity index (χ0n) is 49.3. The Kier molecular flexibility index (Phi) is 16.8. The van der Waals surface area contributed by atoms with Crippen molar-refractivity contribution in [3.8, 4) is 22.3 Å². The molecule has 1 fully saturated rings. The van der Waals surface area contributed by atoms with Crippen LogP contribution in [0.25, 0.3) is 22.3 Å². The van der Waals surface area contributed by atoms with Crippen LogP contribution in [0, 0.1) is 0 Å². The zero-order chi connectivity index (χ0) is 58.6. The lowest BCUT2D eigenvalue weighted by molar-refractivity contribution is 0.346. The smallest absolute Gasteiger partial charge is 0.0462 e. The van der Waals surface area contributed by atoms with Gasteiger partial charge in [0.05, 0.1) is 0 Å². The van der Waals surface area contributed by atoms with E-state index >= 15 is 0 Å². The molecule has 0 N–H and O–H groups in total. The first-order valence-electron chi connectivity index (χ1n) is 30.9. The molecular weight excluding hydrogens is 1050 g/mol. The van der Waals surface area contributed by atoms with E-state index in [1.165, 1.54) is 58.2 Å². The van der Waals surface area contributed by atoms with Crippen molar-refractivity contribution in [1.82, 2.24) is 0 Å². The van der Waals surface area contributed by atoms with Crippen molar-refractivity contribution in [3.05, 3.63) is 351 Å². The van der Waals surface area contributed by atoms with Gasteiger partial charge in [-0.1, -0.05) is 201 Å². The fraction of sp³-hybridized carbons (Fsp3) is 0.108. The quantitative estimate of drug-likeness (QED) is 0.0557. The summed E-state index contributed by atoms with van der Waals surface area (Å²) in [4.78, 5) is 9.40. The first kappa shape index (κ1) is 55.8. The van der Waals surface area contributed by atoms with Crippen LogP contribution in [0.15, 0.2) is 334 Å². The number of rotatable bonds is 20. The fourth-order valence-corrected chi connectivity index (χ4v) is 12.9. The van der Waals surface area contributed by atoms with Gasteiger partial charge < -0.3 is 19.6 Å². The summed E-state index contributed by atoms with van der Waals surface area (Å²) >= 11 is 0. The highest BCUT2D eigenvalue weighted by Crippen LogP contribution is 2.48. The second-order valence-corrected chi connectivity index (χ2v) is 22.8. The molecule has 13 rings (SSSR count). The summed E-state index contributed by atoms with van der Waals surface area (Å²) in [5.41, 5.74) is 22.2. The number of anilines is 12. The van der Waals surface area contributed by atoms with Crippen molar-refractivity contribution in [2.24, 2.45) is 0 Å². The monoisotopic (exact) mass is 1120 g/mol. The number of benzene rings is 12. The number of aryl methyl sites for hydroxylation is 1. The minimum atomic E-state index is -0.0912. The van der Waals surface area contributed by atoms with Gasteiger partial charge in [-0.25, -0.2) is 0 Å². The van der Waals surface area contributed by atoms with Gasteiger partial charge in [0.2, 0.25) is 0 Å². The van der Waals surface area contributed by atoms with Crippen LogP contribution in [0.4, 0.5) is 68.2 Å². The van der Waals surface area contributed by atoms with E-state index in [0.29, 0.717) is 0 Å². The first-order valence-corrected chi connectivity index (χ1v) is 30.9.